The molecule has 1 nitrogen and oxygen atoms in total. The third kappa shape index (κ3) is 4.32. The molecule has 3 heteroatoms. The lowest BCUT2D eigenvalue weighted by Gasteiger charge is -2.17. The molecule has 1 N–H and O–H groups in total. The Labute approximate surface area is 108 Å². The van der Waals surface area contributed by atoms with Crippen LogP contribution in [0.1, 0.15) is 25.8 Å². The Morgan fingerprint density at radius 2 is 1.94 bits per heavy atom. The predicted octanol–water partition coefficient (Wildman–Crippen LogP) is 4.17. The van der Waals surface area contributed by atoms with Gasteiger partial charge in [-0.05, 0) is 50.4 Å². The van der Waals surface area contributed by atoms with Crippen molar-refractivity contribution in [3.63, 3.8) is 0 Å². The summed E-state index contributed by atoms with van der Waals surface area (Å²) < 4.78 is 0. The van der Waals surface area contributed by atoms with Crippen LogP contribution in [0.15, 0.2) is 18.2 Å². The van der Waals surface area contributed by atoms with E-state index in [-0.39, 0.29) is 0 Å². The molecule has 0 heterocycles. The van der Waals surface area contributed by atoms with E-state index in [2.05, 4.69) is 19.2 Å². The highest BCUT2D eigenvalue weighted by Gasteiger charge is 2.10. The molecular weight excluding hydrogens is 241 g/mol. The molecule has 1 rings (SSSR count). The van der Waals surface area contributed by atoms with Crippen molar-refractivity contribution in [2.75, 3.05) is 7.05 Å². The molecule has 1 aromatic carbocycles. The molecule has 0 aliphatic heterocycles. The first-order valence-electron chi connectivity index (χ1n) is 5.64. The second-order valence-corrected chi connectivity index (χ2v) is 5.31. The summed E-state index contributed by atoms with van der Waals surface area (Å²) in [5.74, 6) is 0.612. The Balaban J connectivity index is 2.59. The molecule has 0 aliphatic rings. The van der Waals surface area contributed by atoms with Crippen molar-refractivity contribution < 1.29 is 0 Å². The average molecular weight is 260 g/mol. The number of hydrogen-bond donors (Lipinski definition) is 1. The van der Waals surface area contributed by atoms with E-state index in [1.54, 1.807) is 0 Å². The monoisotopic (exact) mass is 259 g/mol. The SMILES string of the molecule is CNC(C)CC(C)Cc1ccc(Cl)cc1Cl. The maximum atomic E-state index is 6.14. The van der Waals surface area contributed by atoms with Crippen molar-refractivity contribution in [2.24, 2.45) is 5.92 Å². The standard InChI is InChI=1S/C13H19Cl2N/c1-9(6-10(2)16-3)7-11-4-5-12(14)8-13(11)15/h4-5,8-10,16H,6-7H2,1-3H3. The zero-order valence-electron chi connectivity index (χ0n) is 10.1. The summed E-state index contributed by atoms with van der Waals surface area (Å²) >= 11 is 12.0. The van der Waals surface area contributed by atoms with Crippen LogP contribution in [0.4, 0.5) is 0 Å². The van der Waals surface area contributed by atoms with Gasteiger partial charge in [0.05, 0.1) is 0 Å². The summed E-state index contributed by atoms with van der Waals surface area (Å²) in [6, 6.07) is 6.27. The molecule has 0 radical (unpaired) electrons. The van der Waals surface area contributed by atoms with E-state index in [4.69, 9.17) is 23.2 Å². The fourth-order valence-electron chi connectivity index (χ4n) is 1.87. The lowest BCUT2D eigenvalue weighted by atomic mass is 9.95. The minimum atomic E-state index is 0.543. The Hall–Kier alpha value is -0.240. The molecule has 90 valence electrons. The lowest BCUT2D eigenvalue weighted by molar-refractivity contribution is 0.440. The molecule has 0 saturated heterocycles. The summed E-state index contributed by atoms with van der Waals surface area (Å²) in [6.07, 6.45) is 2.15. The van der Waals surface area contributed by atoms with Crippen molar-refractivity contribution in [3.8, 4) is 0 Å². The fraction of sp³-hybridized carbons (Fsp3) is 0.538. The van der Waals surface area contributed by atoms with Gasteiger partial charge in [-0.15, -0.1) is 0 Å². The topological polar surface area (TPSA) is 12.0 Å². The largest absolute Gasteiger partial charge is 0.317 e. The summed E-state index contributed by atoms with van der Waals surface area (Å²) in [5.41, 5.74) is 1.18. The second kappa shape index (κ2) is 6.48. The normalized spacial score (nSPS) is 14.8. The van der Waals surface area contributed by atoms with Gasteiger partial charge in [0.25, 0.3) is 0 Å². The smallest absolute Gasteiger partial charge is 0.0452 e. The van der Waals surface area contributed by atoms with Crippen molar-refractivity contribution in [2.45, 2.75) is 32.7 Å². The van der Waals surface area contributed by atoms with Gasteiger partial charge in [-0.1, -0.05) is 36.2 Å². The van der Waals surface area contributed by atoms with Crippen LogP contribution >= 0.6 is 23.2 Å². The molecule has 0 aromatic heterocycles. The molecule has 0 fully saturated rings. The van der Waals surface area contributed by atoms with Crippen LogP contribution in [-0.4, -0.2) is 13.1 Å². The van der Waals surface area contributed by atoms with Crippen LogP contribution in [0.2, 0.25) is 10.0 Å². The molecule has 0 bridgehead atoms. The number of hydrogen-bond acceptors (Lipinski definition) is 1. The maximum absolute atomic E-state index is 6.14. The summed E-state index contributed by atoms with van der Waals surface area (Å²) in [7, 11) is 1.99. The van der Waals surface area contributed by atoms with Gasteiger partial charge in [-0.25, -0.2) is 0 Å². The van der Waals surface area contributed by atoms with E-state index in [9.17, 15) is 0 Å². The maximum Gasteiger partial charge on any atom is 0.0452 e. The molecule has 1 aromatic rings. The van der Waals surface area contributed by atoms with E-state index in [1.165, 1.54) is 5.56 Å². The highest BCUT2D eigenvalue weighted by molar-refractivity contribution is 6.35. The molecule has 0 amide bonds. The Morgan fingerprint density at radius 1 is 1.25 bits per heavy atom. The molecule has 0 saturated carbocycles. The Bertz CT molecular complexity index is 339. The highest BCUT2D eigenvalue weighted by Crippen LogP contribution is 2.24. The Kier molecular flexibility index (Phi) is 5.60. The van der Waals surface area contributed by atoms with Crippen molar-refractivity contribution in [1.29, 1.82) is 0 Å². The molecule has 16 heavy (non-hydrogen) atoms. The Morgan fingerprint density at radius 3 is 2.50 bits per heavy atom. The van der Waals surface area contributed by atoms with Gasteiger partial charge in [0.15, 0.2) is 0 Å². The first-order chi connectivity index (χ1) is 7.52. The van der Waals surface area contributed by atoms with Crippen LogP contribution in [0.25, 0.3) is 0 Å². The molecule has 0 spiro atoms. The predicted molar refractivity (Wildman–Crippen MR) is 72.5 cm³/mol. The average Bonchev–Trinajstić information content (AvgIpc) is 2.22. The minimum absolute atomic E-state index is 0.543. The van der Waals surface area contributed by atoms with Crippen molar-refractivity contribution in [3.05, 3.63) is 33.8 Å². The van der Waals surface area contributed by atoms with Gasteiger partial charge in [0, 0.05) is 16.1 Å². The second-order valence-electron chi connectivity index (χ2n) is 4.47. The molecular formula is C13H19Cl2N. The summed E-state index contributed by atoms with van der Waals surface area (Å²) in [5, 5.41) is 4.72. The van der Waals surface area contributed by atoms with E-state index in [0.717, 1.165) is 17.9 Å². The van der Waals surface area contributed by atoms with Crippen molar-refractivity contribution in [1.82, 2.24) is 5.32 Å². The third-order valence-corrected chi connectivity index (χ3v) is 3.42. The van der Waals surface area contributed by atoms with Gasteiger partial charge in [-0.3, -0.25) is 0 Å². The number of nitrogens with one attached hydrogen (secondary N) is 1. The van der Waals surface area contributed by atoms with Gasteiger partial charge in [-0.2, -0.15) is 0 Å². The first kappa shape index (κ1) is 13.8. The number of halogens is 2. The van der Waals surface area contributed by atoms with E-state index < -0.39 is 0 Å². The van der Waals surface area contributed by atoms with Crippen LogP contribution in [-0.2, 0) is 6.42 Å². The zero-order valence-corrected chi connectivity index (χ0v) is 11.6. The van der Waals surface area contributed by atoms with Crippen LogP contribution in [0.5, 0.6) is 0 Å². The lowest BCUT2D eigenvalue weighted by Crippen LogP contribution is -2.24. The number of rotatable bonds is 5. The van der Waals surface area contributed by atoms with E-state index >= 15 is 0 Å². The first-order valence-corrected chi connectivity index (χ1v) is 6.39. The highest BCUT2D eigenvalue weighted by atomic mass is 35.5. The van der Waals surface area contributed by atoms with Crippen LogP contribution in [0, 0.1) is 5.92 Å². The third-order valence-electron chi connectivity index (χ3n) is 2.83. The molecule has 0 aliphatic carbocycles. The van der Waals surface area contributed by atoms with Crippen LogP contribution in [0.3, 0.4) is 0 Å². The number of benzene rings is 1. The van der Waals surface area contributed by atoms with Gasteiger partial charge >= 0.3 is 0 Å². The fourth-order valence-corrected chi connectivity index (χ4v) is 2.35. The quantitative estimate of drug-likeness (QED) is 0.837. The van der Waals surface area contributed by atoms with Gasteiger partial charge in [0.2, 0.25) is 0 Å². The van der Waals surface area contributed by atoms with Crippen molar-refractivity contribution >= 4 is 23.2 Å². The molecule has 2 unspecified atom stereocenters. The molecule has 2 atom stereocenters. The summed E-state index contributed by atoms with van der Waals surface area (Å²) in [6.45, 7) is 4.44. The van der Waals surface area contributed by atoms with Gasteiger partial charge in [0.1, 0.15) is 0 Å². The van der Waals surface area contributed by atoms with E-state index in [1.807, 2.05) is 25.2 Å². The zero-order chi connectivity index (χ0) is 12.1. The van der Waals surface area contributed by atoms with E-state index in [0.29, 0.717) is 17.0 Å². The van der Waals surface area contributed by atoms with Crippen LogP contribution < -0.4 is 5.32 Å². The minimum Gasteiger partial charge on any atom is -0.317 e. The van der Waals surface area contributed by atoms with Gasteiger partial charge < -0.3 is 5.32 Å². The summed E-state index contributed by atoms with van der Waals surface area (Å²) in [4.78, 5) is 0.